The quantitative estimate of drug-likeness (QED) is 0.741. The van der Waals surface area contributed by atoms with E-state index in [-0.39, 0.29) is 16.6 Å². The molecule has 0 atom stereocenters. The summed E-state index contributed by atoms with van der Waals surface area (Å²) in [6.45, 7) is -2.73. The minimum atomic E-state index is -2.73. The molecule has 4 heteroatoms. The van der Waals surface area contributed by atoms with Gasteiger partial charge in [-0.1, -0.05) is 6.07 Å². The lowest BCUT2D eigenvalue weighted by Crippen LogP contribution is -2.17. The summed E-state index contributed by atoms with van der Waals surface area (Å²) in [5, 5.41) is 0. The molecule has 0 N–H and O–H groups in total. The van der Waals surface area contributed by atoms with Gasteiger partial charge in [-0.25, -0.2) is 0 Å². The van der Waals surface area contributed by atoms with Gasteiger partial charge in [0, 0.05) is 17.0 Å². The molecule has 1 aliphatic rings. The fraction of sp³-hybridized carbons (Fsp3) is 0.500. The van der Waals surface area contributed by atoms with Crippen molar-refractivity contribution in [2.45, 2.75) is 30.8 Å². The molecule has 1 aromatic rings. The molecule has 0 bridgehead atoms. The van der Waals surface area contributed by atoms with Crippen LogP contribution in [0.1, 0.15) is 19.3 Å². The summed E-state index contributed by atoms with van der Waals surface area (Å²) < 4.78 is 28.6. The normalized spacial score (nSPS) is 17.7. The van der Waals surface area contributed by atoms with Gasteiger partial charge in [-0.15, -0.1) is 0 Å². The number of hydrogen-bond acceptors (Lipinski definition) is 1. The predicted octanol–water partition coefficient (Wildman–Crippen LogP) is 3.45. The third-order valence-corrected chi connectivity index (χ3v) is 5.13. The van der Waals surface area contributed by atoms with Gasteiger partial charge in [-0.05, 0) is 31.4 Å². The van der Waals surface area contributed by atoms with Gasteiger partial charge in [0.15, 0.2) is 4.90 Å². The molecule has 1 saturated heterocycles. The van der Waals surface area contributed by atoms with Crippen LogP contribution in [-0.4, -0.2) is 18.1 Å². The molecule has 2 rings (SSSR count). The van der Waals surface area contributed by atoms with Crippen molar-refractivity contribution in [1.82, 2.24) is 0 Å². The van der Waals surface area contributed by atoms with Gasteiger partial charge in [0.05, 0.1) is 0 Å². The van der Waals surface area contributed by atoms with Gasteiger partial charge in [0.25, 0.3) is 0 Å². The first-order valence-electron chi connectivity index (χ1n) is 5.48. The Morgan fingerprint density at radius 2 is 1.88 bits per heavy atom. The van der Waals surface area contributed by atoms with E-state index in [2.05, 4.69) is 4.74 Å². The summed E-state index contributed by atoms with van der Waals surface area (Å²) >= 11 is 0. The van der Waals surface area contributed by atoms with E-state index in [9.17, 15) is 8.78 Å². The maximum absolute atomic E-state index is 12.1. The zero-order valence-electron chi connectivity index (χ0n) is 8.99. The van der Waals surface area contributed by atoms with Crippen LogP contribution >= 0.6 is 0 Å². The molecule has 0 amide bonds. The van der Waals surface area contributed by atoms with Crippen molar-refractivity contribution in [3.05, 3.63) is 24.3 Å². The van der Waals surface area contributed by atoms with Gasteiger partial charge in [0.1, 0.15) is 17.3 Å². The van der Waals surface area contributed by atoms with Crippen molar-refractivity contribution in [2.75, 3.05) is 11.5 Å². The van der Waals surface area contributed by atoms with E-state index in [1.807, 2.05) is 6.07 Å². The van der Waals surface area contributed by atoms with E-state index in [1.54, 1.807) is 18.2 Å². The summed E-state index contributed by atoms with van der Waals surface area (Å²) in [5.74, 6) is 2.67. The molecule has 0 aliphatic carbocycles. The Bertz CT molecular complexity index is 338. The van der Waals surface area contributed by atoms with Crippen molar-refractivity contribution in [1.29, 1.82) is 0 Å². The second kappa shape index (κ2) is 5.53. The number of rotatable bonds is 3. The van der Waals surface area contributed by atoms with E-state index < -0.39 is 6.61 Å². The highest BCUT2D eigenvalue weighted by Crippen LogP contribution is 2.25. The Kier molecular flexibility index (Phi) is 4.04. The molecule has 0 spiro atoms. The van der Waals surface area contributed by atoms with Gasteiger partial charge in [-0.2, -0.15) is 8.78 Å². The lowest BCUT2D eigenvalue weighted by molar-refractivity contribution is -0.0499. The Balaban J connectivity index is 2.08. The highest BCUT2D eigenvalue weighted by molar-refractivity contribution is 7.96. The van der Waals surface area contributed by atoms with Crippen LogP contribution in [0.2, 0.25) is 0 Å². The molecule has 0 saturated carbocycles. The first-order valence-corrected chi connectivity index (χ1v) is 7.04. The lowest BCUT2D eigenvalue weighted by Gasteiger charge is -2.13. The third kappa shape index (κ3) is 3.11. The Morgan fingerprint density at radius 1 is 1.12 bits per heavy atom. The van der Waals surface area contributed by atoms with Crippen LogP contribution in [0.3, 0.4) is 0 Å². The zero-order valence-corrected chi connectivity index (χ0v) is 9.81. The van der Waals surface area contributed by atoms with Crippen LogP contribution in [0.15, 0.2) is 29.2 Å². The number of benzene rings is 1. The summed E-state index contributed by atoms with van der Waals surface area (Å²) in [6, 6.07) is 7.17. The molecule has 1 heterocycles. The fourth-order valence-corrected chi connectivity index (χ4v) is 4.23. The Labute approximate surface area is 97.2 Å². The molecule has 88 valence electrons. The summed E-state index contributed by atoms with van der Waals surface area (Å²) in [4.78, 5) is 1.16. The average Bonchev–Trinajstić information content (AvgIpc) is 2.30. The van der Waals surface area contributed by atoms with Crippen molar-refractivity contribution in [2.24, 2.45) is 0 Å². The lowest BCUT2D eigenvalue weighted by atomic mass is 10.3. The topological polar surface area (TPSA) is 9.23 Å². The number of alkyl halides is 2. The second-order valence-corrected chi connectivity index (χ2v) is 6.09. The van der Waals surface area contributed by atoms with Gasteiger partial charge >= 0.3 is 6.61 Å². The average molecular weight is 245 g/mol. The monoisotopic (exact) mass is 245 g/mol. The highest BCUT2D eigenvalue weighted by Gasteiger charge is 2.25. The highest BCUT2D eigenvalue weighted by atomic mass is 32.2. The van der Waals surface area contributed by atoms with Gasteiger partial charge < -0.3 is 4.74 Å². The van der Waals surface area contributed by atoms with Crippen LogP contribution in [0.25, 0.3) is 0 Å². The molecule has 16 heavy (non-hydrogen) atoms. The molecule has 1 aliphatic heterocycles. The SMILES string of the molecule is FC(F)Oc1cccc([S+]2CCCCC2)c1. The Morgan fingerprint density at radius 3 is 2.56 bits per heavy atom. The molecule has 1 aromatic carbocycles. The van der Waals surface area contributed by atoms with Gasteiger partial charge in [-0.3, -0.25) is 0 Å². The molecule has 0 aromatic heterocycles. The molecule has 0 radical (unpaired) electrons. The molecule has 1 nitrogen and oxygen atoms in total. The summed E-state index contributed by atoms with van der Waals surface area (Å²) in [6.07, 6.45) is 3.81. The first-order chi connectivity index (χ1) is 7.75. The minimum Gasteiger partial charge on any atom is -0.435 e. The smallest absolute Gasteiger partial charge is 0.387 e. The minimum absolute atomic E-state index is 0.242. The van der Waals surface area contributed by atoms with Crippen molar-refractivity contribution >= 4 is 10.9 Å². The largest absolute Gasteiger partial charge is 0.435 e. The van der Waals surface area contributed by atoms with Crippen LogP contribution < -0.4 is 4.74 Å². The van der Waals surface area contributed by atoms with Crippen molar-refractivity contribution < 1.29 is 13.5 Å². The van der Waals surface area contributed by atoms with Crippen LogP contribution in [-0.2, 0) is 10.9 Å². The summed E-state index contributed by atoms with van der Waals surface area (Å²) in [5.41, 5.74) is 0. The Hall–Kier alpha value is -0.770. The predicted molar refractivity (Wildman–Crippen MR) is 62.3 cm³/mol. The fourth-order valence-electron chi connectivity index (χ4n) is 1.90. The van der Waals surface area contributed by atoms with Crippen molar-refractivity contribution in [3.8, 4) is 5.75 Å². The zero-order chi connectivity index (χ0) is 11.4. The first kappa shape index (κ1) is 11.7. The van der Waals surface area contributed by atoms with Crippen LogP contribution in [0.5, 0.6) is 5.75 Å². The number of hydrogen-bond donors (Lipinski definition) is 0. The third-order valence-electron chi connectivity index (χ3n) is 2.65. The van der Waals surface area contributed by atoms with Gasteiger partial charge in [0.2, 0.25) is 0 Å². The molecule has 1 fully saturated rings. The van der Waals surface area contributed by atoms with E-state index in [1.165, 1.54) is 30.8 Å². The van der Waals surface area contributed by atoms with Crippen LogP contribution in [0.4, 0.5) is 8.78 Å². The second-order valence-electron chi connectivity index (χ2n) is 3.82. The van der Waals surface area contributed by atoms with E-state index in [0.29, 0.717) is 0 Å². The number of ether oxygens (including phenoxy) is 1. The summed E-state index contributed by atoms with van der Waals surface area (Å²) in [7, 11) is 0.242. The van der Waals surface area contributed by atoms with E-state index >= 15 is 0 Å². The molecular formula is C12H15F2OS+. The number of halogens is 2. The standard InChI is InChI=1S/C12H15F2OS/c13-12(14)15-10-5-4-6-11(9-10)16-7-2-1-3-8-16/h4-6,9,12H,1-3,7-8H2/q+1. The van der Waals surface area contributed by atoms with E-state index in [4.69, 9.17) is 0 Å². The molecule has 0 unspecified atom stereocenters. The van der Waals surface area contributed by atoms with Crippen LogP contribution in [0, 0.1) is 0 Å². The molecular weight excluding hydrogens is 230 g/mol. The van der Waals surface area contributed by atoms with E-state index in [0.717, 1.165) is 4.90 Å². The maximum atomic E-state index is 12.1. The maximum Gasteiger partial charge on any atom is 0.387 e. The van der Waals surface area contributed by atoms with Crippen molar-refractivity contribution in [3.63, 3.8) is 0 Å².